The summed E-state index contributed by atoms with van der Waals surface area (Å²) in [4.78, 5) is 3.98. The van der Waals surface area contributed by atoms with Gasteiger partial charge in [-0.1, -0.05) is 31.5 Å². The van der Waals surface area contributed by atoms with Crippen LogP contribution in [-0.2, 0) is 6.42 Å². The van der Waals surface area contributed by atoms with E-state index in [1.54, 1.807) is 36.7 Å². The number of hydrogen-bond acceptors (Lipinski definition) is 4. The molecule has 2 aromatic rings. The van der Waals surface area contributed by atoms with Gasteiger partial charge in [0.25, 0.3) is 0 Å². The average Bonchev–Trinajstić information content (AvgIpc) is 2.76. The number of aromatic hydroxyl groups is 1. The summed E-state index contributed by atoms with van der Waals surface area (Å²) in [6.07, 6.45) is 5.45. The normalized spacial score (nSPS) is 13.5. The molecule has 0 bridgehead atoms. The van der Waals surface area contributed by atoms with Crippen LogP contribution in [0.5, 0.6) is 5.75 Å². The maximum atomic E-state index is 9.92. The molecule has 0 saturated heterocycles. The fourth-order valence-electron chi connectivity index (χ4n) is 3.00. The lowest BCUT2D eigenvalue weighted by atomic mass is 9.70. The summed E-state index contributed by atoms with van der Waals surface area (Å²) in [5.41, 5.74) is 3.67. The maximum Gasteiger partial charge on any atom is 0.489 e. The van der Waals surface area contributed by atoms with Crippen LogP contribution in [0, 0.1) is 0 Å². The summed E-state index contributed by atoms with van der Waals surface area (Å²) in [5, 5.41) is 30.0. The molecule has 3 rings (SSSR count). The molecule has 0 fully saturated rings. The molecule has 1 aliphatic rings. The van der Waals surface area contributed by atoms with Gasteiger partial charge >= 0.3 is 7.12 Å². The zero-order valence-corrected chi connectivity index (χ0v) is 14.6. The van der Waals surface area contributed by atoms with Gasteiger partial charge in [0, 0.05) is 12.4 Å². The Morgan fingerprint density at radius 2 is 1.83 bits per heavy atom. The Hall–Kier alpha value is -1.82. The van der Waals surface area contributed by atoms with Gasteiger partial charge in [0.15, 0.2) is 0 Å². The first kappa shape index (κ1) is 18.5. The van der Waals surface area contributed by atoms with E-state index in [-0.39, 0.29) is 5.75 Å². The van der Waals surface area contributed by atoms with E-state index in [4.69, 9.17) is 11.6 Å². The predicted molar refractivity (Wildman–Crippen MR) is 98.6 cm³/mol. The number of phenolic OH excluding ortho intramolecular Hbond substituents is 1. The first-order valence-corrected chi connectivity index (χ1v) is 8.47. The van der Waals surface area contributed by atoms with Gasteiger partial charge in [0.1, 0.15) is 5.75 Å². The number of pyridine rings is 1. The minimum Gasteiger partial charge on any atom is -0.508 e. The van der Waals surface area contributed by atoms with Crippen LogP contribution < -0.4 is 0 Å². The number of benzene rings is 1. The van der Waals surface area contributed by atoms with Crippen molar-refractivity contribution >= 4 is 29.8 Å². The molecule has 0 aliphatic heterocycles. The topological polar surface area (TPSA) is 73.6 Å². The zero-order chi connectivity index (χ0) is 17.7. The minimum atomic E-state index is -1.61. The molecular weight excluding hydrogens is 324 g/mol. The highest BCUT2D eigenvalue weighted by atomic mass is 35.5. The van der Waals surface area contributed by atoms with Crippen LogP contribution >= 0.6 is 11.6 Å². The molecular formula is C18H21BClNO3. The van der Waals surface area contributed by atoms with Crippen LogP contribution in [0.1, 0.15) is 43.4 Å². The quantitative estimate of drug-likeness (QED) is 0.725. The molecule has 1 heterocycles. The van der Waals surface area contributed by atoms with Gasteiger partial charge in [-0.25, -0.2) is 0 Å². The Morgan fingerprint density at radius 3 is 2.50 bits per heavy atom. The molecule has 0 atom stereocenters. The van der Waals surface area contributed by atoms with Crippen molar-refractivity contribution < 1.29 is 15.2 Å². The molecule has 1 aliphatic carbocycles. The summed E-state index contributed by atoms with van der Waals surface area (Å²) in [6.45, 7) is 4.00. The lowest BCUT2D eigenvalue weighted by molar-refractivity contribution is 0.427. The number of phenols is 1. The smallest absolute Gasteiger partial charge is 0.489 e. The van der Waals surface area contributed by atoms with Crippen molar-refractivity contribution in [3.8, 4) is 5.75 Å². The van der Waals surface area contributed by atoms with Gasteiger partial charge in [-0.3, -0.25) is 4.98 Å². The summed E-state index contributed by atoms with van der Waals surface area (Å²) in [5.74, 6) is 0.177. The number of halogens is 1. The summed E-state index contributed by atoms with van der Waals surface area (Å²) in [7, 11) is -1.61. The predicted octanol–water partition coefficient (Wildman–Crippen LogP) is 3.73. The first-order valence-electron chi connectivity index (χ1n) is 8.09. The van der Waals surface area contributed by atoms with E-state index >= 15 is 0 Å². The van der Waals surface area contributed by atoms with Crippen LogP contribution in [-0.4, -0.2) is 27.3 Å². The number of hydrogen-bond donors (Lipinski definition) is 3. The lowest BCUT2D eigenvalue weighted by Gasteiger charge is -2.16. The highest BCUT2D eigenvalue weighted by Crippen LogP contribution is 2.39. The Labute approximate surface area is 147 Å². The first-order chi connectivity index (χ1) is 11.6. The summed E-state index contributed by atoms with van der Waals surface area (Å²) in [6, 6.07) is 6.73. The van der Waals surface area contributed by atoms with Gasteiger partial charge < -0.3 is 15.2 Å². The van der Waals surface area contributed by atoms with Crippen LogP contribution in [0.4, 0.5) is 0 Å². The van der Waals surface area contributed by atoms with Crippen LogP contribution in [0.15, 0.2) is 36.7 Å². The SMILES string of the molecule is CC.OB(O)C1=C(c2ccncc2Cl)CCCc2cc(O)ccc21. The Morgan fingerprint density at radius 1 is 1.08 bits per heavy atom. The average molecular weight is 346 g/mol. The fraction of sp³-hybridized carbons (Fsp3) is 0.278. The second kappa shape index (κ2) is 8.33. The summed E-state index contributed by atoms with van der Waals surface area (Å²) < 4.78 is 0. The fourth-order valence-corrected chi connectivity index (χ4v) is 3.23. The highest BCUT2D eigenvalue weighted by Gasteiger charge is 2.27. The third kappa shape index (κ3) is 3.81. The molecule has 0 spiro atoms. The number of allylic oxidation sites excluding steroid dienone is 1. The van der Waals surface area contributed by atoms with E-state index < -0.39 is 7.12 Å². The number of nitrogens with zero attached hydrogens (tertiary/aromatic N) is 1. The van der Waals surface area contributed by atoms with Crippen molar-refractivity contribution in [3.05, 3.63) is 58.4 Å². The highest BCUT2D eigenvalue weighted by molar-refractivity contribution is 6.68. The molecule has 126 valence electrons. The van der Waals surface area contributed by atoms with E-state index in [1.165, 1.54) is 0 Å². The van der Waals surface area contributed by atoms with Gasteiger partial charge in [0.2, 0.25) is 0 Å². The molecule has 6 heteroatoms. The minimum absolute atomic E-state index is 0.177. The van der Waals surface area contributed by atoms with Gasteiger partial charge in [-0.15, -0.1) is 0 Å². The van der Waals surface area contributed by atoms with Crippen molar-refractivity contribution in [2.24, 2.45) is 0 Å². The van der Waals surface area contributed by atoms with Gasteiger partial charge in [-0.05, 0) is 65.2 Å². The molecule has 0 unspecified atom stereocenters. The largest absolute Gasteiger partial charge is 0.508 e. The van der Waals surface area contributed by atoms with Gasteiger partial charge in [0.05, 0.1) is 5.02 Å². The Kier molecular flexibility index (Phi) is 6.43. The van der Waals surface area contributed by atoms with Gasteiger partial charge in [-0.2, -0.15) is 0 Å². The van der Waals surface area contributed by atoms with Crippen LogP contribution in [0.25, 0.3) is 11.0 Å². The van der Waals surface area contributed by atoms with Crippen molar-refractivity contribution in [2.75, 3.05) is 0 Å². The lowest BCUT2D eigenvalue weighted by Crippen LogP contribution is -2.16. The van der Waals surface area contributed by atoms with E-state index in [1.807, 2.05) is 13.8 Å². The molecule has 4 nitrogen and oxygen atoms in total. The van der Waals surface area contributed by atoms with Crippen molar-refractivity contribution in [1.29, 1.82) is 0 Å². The number of aryl methyl sites for hydroxylation is 1. The van der Waals surface area contributed by atoms with Crippen molar-refractivity contribution in [1.82, 2.24) is 4.98 Å². The number of rotatable bonds is 2. The third-order valence-corrected chi connectivity index (χ3v) is 4.23. The second-order valence-corrected chi connectivity index (χ2v) is 5.72. The van der Waals surface area contributed by atoms with Crippen LogP contribution in [0.2, 0.25) is 5.02 Å². The maximum absolute atomic E-state index is 9.92. The zero-order valence-electron chi connectivity index (χ0n) is 13.8. The molecule has 1 aromatic heterocycles. The molecule has 24 heavy (non-hydrogen) atoms. The Balaban J connectivity index is 0.00000100. The molecule has 0 radical (unpaired) electrons. The van der Waals surface area contributed by atoms with E-state index in [0.29, 0.717) is 16.9 Å². The van der Waals surface area contributed by atoms with E-state index in [9.17, 15) is 15.2 Å². The van der Waals surface area contributed by atoms with Crippen molar-refractivity contribution in [2.45, 2.75) is 33.1 Å². The monoisotopic (exact) mass is 345 g/mol. The standard InChI is InChI=1S/C16H15BClNO3.C2H6/c18-15-9-19-7-6-13(15)14-3-1-2-10-8-11(20)4-5-12(10)16(14)17(21)22;1-2/h4-9,20-22H,1-3H2;1-2H3. The number of aromatic nitrogens is 1. The van der Waals surface area contributed by atoms with Crippen molar-refractivity contribution in [3.63, 3.8) is 0 Å². The molecule has 0 amide bonds. The van der Waals surface area contributed by atoms with Crippen LogP contribution in [0.3, 0.4) is 0 Å². The molecule has 3 N–H and O–H groups in total. The molecule has 0 saturated carbocycles. The number of fused-ring (bicyclic) bond motifs is 1. The van der Waals surface area contributed by atoms with E-state index in [0.717, 1.165) is 35.1 Å². The summed E-state index contributed by atoms with van der Waals surface area (Å²) >= 11 is 6.23. The molecule has 1 aromatic carbocycles. The second-order valence-electron chi connectivity index (χ2n) is 5.32. The Bertz CT molecular complexity index is 747. The van der Waals surface area contributed by atoms with E-state index in [2.05, 4.69) is 4.98 Å². The third-order valence-electron chi connectivity index (χ3n) is 3.93.